The Bertz CT molecular complexity index is 807. The Labute approximate surface area is 127 Å². The van der Waals surface area contributed by atoms with E-state index < -0.39 is 11.2 Å². The van der Waals surface area contributed by atoms with Crippen molar-refractivity contribution in [1.29, 1.82) is 0 Å². The van der Waals surface area contributed by atoms with Crippen LogP contribution in [0.3, 0.4) is 0 Å². The molecular weight excluding hydrogens is 285 g/mol. The van der Waals surface area contributed by atoms with Gasteiger partial charge in [-0.1, -0.05) is 0 Å². The van der Waals surface area contributed by atoms with Crippen LogP contribution in [0.15, 0.2) is 23.1 Å². The van der Waals surface area contributed by atoms with Crippen LogP contribution >= 0.6 is 0 Å². The molecule has 0 atom stereocenters. The van der Waals surface area contributed by atoms with Gasteiger partial charge in [-0.3, -0.25) is 9.59 Å². The number of aromatic nitrogens is 1. The van der Waals surface area contributed by atoms with E-state index in [9.17, 15) is 14.0 Å². The standard InChI is InChI=1S/C16H18FN3O2/c1-10(21)12-9-19(2)14-8-15(20-5-3-18-4-6-20)13(17)7-11(14)16(12)22/h7-9,18H,3-6H2,1-2H3/q+1. The summed E-state index contributed by atoms with van der Waals surface area (Å²) in [5.74, 6) is -0.735. The normalized spacial score (nSPS) is 15.3. The van der Waals surface area contributed by atoms with Crippen molar-refractivity contribution in [3.8, 4) is 0 Å². The number of Topliss-reactive ketones (excluding diaryl/α,β-unsaturated/α-hetero) is 1. The molecule has 1 N–H and O–H groups in total. The zero-order valence-electron chi connectivity index (χ0n) is 12.6. The molecule has 1 aromatic carbocycles. The molecule has 3 rings (SSSR count). The highest BCUT2D eigenvalue weighted by Crippen LogP contribution is 2.24. The number of fused-ring (bicyclic) bond motifs is 1. The lowest BCUT2D eigenvalue weighted by molar-refractivity contribution is -0.655. The summed E-state index contributed by atoms with van der Waals surface area (Å²) >= 11 is 0. The molecule has 5 nitrogen and oxygen atoms in total. The number of halogens is 1. The van der Waals surface area contributed by atoms with Gasteiger partial charge in [0.1, 0.15) is 18.9 Å². The van der Waals surface area contributed by atoms with E-state index in [0.717, 1.165) is 26.2 Å². The molecule has 0 spiro atoms. The maximum Gasteiger partial charge on any atom is 0.200 e. The summed E-state index contributed by atoms with van der Waals surface area (Å²) in [5.41, 5.74) is 0.806. The lowest BCUT2D eigenvalue weighted by Gasteiger charge is -2.26. The summed E-state index contributed by atoms with van der Waals surface area (Å²) in [5, 5.41) is 3.47. The second-order valence-corrected chi connectivity index (χ2v) is 5.60. The van der Waals surface area contributed by atoms with Crippen LogP contribution < -0.4 is 15.6 Å². The molecule has 1 aliphatic rings. The van der Waals surface area contributed by atoms with Gasteiger partial charge < -0.3 is 9.47 Å². The molecule has 0 saturated carbocycles. The van der Waals surface area contributed by atoms with Crippen molar-refractivity contribution in [3.05, 3.63) is 39.9 Å². The minimum Gasteiger partial charge on any atom is -0.357 e. The Balaban J connectivity index is 2.22. The highest BCUT2D eigenvalue weighted by atomic mass is 19.1. The number of hydrogen-bond donors (Lipinski definition) is 1. The van der Waals surface area contributed by atoms with E-state index in [4.69, 9.17) is 0 Å². The van der Waals surface area contributed by atoms with Crippen molar-refractivity contribution in [2.24, 2.45) is 7.05 Å². The van der Waals surface area contributed by atoms with E-state index in [1.807, 2.05) is 4.90 Å². The van der Waals surface area contributed by atoms with E-state index >= 15 is 0 Å². The van der Waals surface area contributed by atoms with Gasteiger partial charge in [-0.25, -0.2) is 4.39 Å². The lowest BCUT2D eigenvalue weighted by atomic mass is 10.1. The van der Waals surface area contributed by atoms with E-state index in [2.05, 4.69) is 5.32 Å². The third-order valence-corrected chi connectivity index (χ3v) is 4.09. The fourth-order valence-electron chi connectivity index (χ4n) is 2.89. The molecule has 115 valence electrons. The second kappa shape index (κ2) is 5.53. The minimum absolute atomic E-state index is 0.0873. The summed E-state index contributed by atoms with van der Waals surface area (Å²) in [6.45, 7) is 4.40. The van der Waals surface area contributed by atoms with Crippen LogP contribution in [0.4, 0.5) is 10.1 Å². The number of nitrogens with one attached hydrogen (secondary N) is 1. The minimum atomic E-state index is -0.424. The van der Waals surface area contributed by atoms with Gasteiger partial charge in [0.15, 0.2) is 11.2 Å². The van der Waals surface area contributed by atoms with Crippen LogP contribution in [0.5, 0.6) is 0 Å². The van der Waals surface area contributed by atoms with Crippen molar-refractivity contribution in [2.75, 3.05) is 31.1 Å². The van der Waals surface area contributed by atoms with Gasteiger partial charge >= 0.3 is 0 Å². The van der Waals surface area contributed by atoms with Gasteiger partial charge in [-0.05, 0) is 19.1 Å². The number of anilines is 1. The topological polar surface area (TPSA) is 57.9 Å². The summed E-state index contributed by atoms with van der Waals surface area (Å²) in [6, 6.07) is 2.95. The average molecular weight is 303 g/mol. The predicted molar refractivity (Wildman–Crippen MR) is 82.1 cm³/mol. The first-order chi connectivity index (χ1) is 10.5. The van der Waals surface area contributed by atoms with Gasteiger partial charge in [-0.2, -0.15) is 5.32 Å². The number of benzene rings is 1. The SMILES string of the molecule is CC(=O)c1cn(C)c2cc(N3CC[NH+]CC3)c(F)cc2c1=O. The maximum atomic E-state index is 14.5. The van der Waals surface area contributed by atoms with Crippen LogP contribution in [0, 0.1) is 5.82 Å². The Hall–Kier alpha value is -2.21. The molecular formula is C16H18FN3O2+. The summed E-state index contributed by atoms with van der Waals surface area (Å²) in [7, 11) is 1.76. The van der Waals surface area contributed by atoms with Crippen molar-refractivity contribution in [3.63, 3.8) is 0 Å². The van der Waals surface area contributed by atoms with Crippen LogP contribution in [0.1, 0.15) is 17.3 Å². The van der Waals surface area contributed by atoms with Crippen LogP contribution in [-0.4, -0.2) is 36.5 Å². The molecule has 2 aromatic rings. The molecule has 1 aliphatic heterocycles. The summed E-state index contributed by atoms with van der Waals surface area (Å²) in [4.78, 5) is 25.8. The van der Waals surface area contributed by atoms with Gasteiger partial charge in [0.2, 0.25) is 0 Å². The zero-order valence-corrected chi connectivity index (χ0v) is 12.6. The van der Waals surface area contributed by atoms with Crippen molar-refractivity contribution >= 4 is 22.4 Å². The van der Waals surface area contributed by atoms with Crippen LogP contribution in [0.25, 0.3) is 10.9 Å². The second-order valence-electron chi connectivity index (χ2n) is 5.60. The number of carbonyl (C=O) groups is 1. The first kappa shape index (κ1) is 14.7. The summed E-state index contributed by atoms with van der Waals surface area (Å²) < 4.78 is 16.2. The molecule has 1 fully saturated rings. The summed E-state index contributed by atoms with van der Waals surface area (Å²) in [6.07, 6.45) is 1.52. The highest BCUT2D eigenvalue weighted by molar-refractivity contribution is 5.97. The van der Waals surface area contributed by atoms with Gasteiger partial charge in [0.25, 0.3) is 0 Å². The number of ketones is 1. The maximum absolute atomic E-state index is 14.5. The van der Waals surface area contributed by atoms with Crippen molar-refractivity contribution in [1.82, 2.24) is 4.57 Å². The monoisotopic (exact) mass is 303 g/mol. The molecule has 6 heteroatoms. The third-order valence-electron chi connectivity index (χ3n) is 4.09. The van der Waals surface area contributed by atoms with Gasteiger partial charge in [0, 0.05) is 18.6 Å². The molecule has 1 saturated heterocycles. The number of hydrogen-bond acceptors (Lipinski definition) is 4. The Morgan fingerprint density at radius 1 is 1.27 bits per heavy atom. The molecule has 1 radical (unpaired) electrons. The lowest BCUT2D eigenvalue weighted by Crippen LogP contribution is -2.89. The fraction of sp³-hybridized carbons (Fsp3) is 0.375. The number of pyridine rings is 1. The predicted octanol–water partition coefficient (Wildman–Crippen LogP) is 0.0494. The van der Waals surface area contributed by atoms with E-state index in [-0.39, 0.29) is 16.7 Å². The quantitative estimate of drug-likeness (QED) is 0.798. The first-order valence-corrected chi connectivity index (χ1v) is 7.28. The van der Waals surface area contributed by atoms with Crippen molar-refractivity contribution in [2.45, 2.75) is 6.92 Å². The number of rotatable bonds is 2. The molecule has 0 bridgehead atoms. The Kier molecular flexibility index (Phi) is 3.70. The highest BCUT2D eigenvalue weighted by Gasteiger charge is 2.20. The van der Waals surface area contributed by atoms with Crippen molar-refractivity contribution < 1.29 is 14.5 Å². The molecule has 0 aliphatic carbocycles. The third kappa shape index (κ3) is 2.39. The van der Waals surface area contributed by atoms with Crippen LogP contribution in [-0.2, 0) is 7.05 Å². The first-order valence-electron chi connectivity index (χ1n) is 7.28. The Morgan fingerprint density at radius 3 is 2.59 bits per heavy atom. The number of aryl methyl sites for hydroxylation is 1. The molecule has 0 unspecified atom stereocenters. The smallest absolute Gasteiger partial charge is 0.200 e. The van der Waals surface area contributed by atoms with E-state index in [1.54, 1.807) is 17.7 Å². The van der Waals surface area contributed by atoms with Gasteiger partial charge in [-0.15, -0.1) is 0 Å². The largest absolute Gasteiger partial charge is 0.357 e. The molecule has 1 aromatic heterocycles. The fourth-order valence-corrected chi connectivity index (χ4v) is 2.89. The number of nitrogens with zero attached hydrogens (tertiary/aromatic N) is 2. The molecule has 22 heavy (non-hydrogen) atoms. The van der Waals surface area contributed by atoms with E-state index in [1.165, 1.54) is 19.2 Å². The van der Waals surface area contributed by atoms with E-state index in [0.29, 0.717) is 11.2 Å². The van der Waals surface area contributed by atoms with Crippen LogP contribution in [0.2, 0.25) is 0 Å². The zero-order chi connectivity index (χ0) is 15.9. The molecule has 2 heterocycles. The number of piperazine rings is 1. The molecule has 0 amide bonds. The average Bonchev–Trinajstić information content (AvgIpc) is 2.51. The number of carbonyl (C=O) groups excluding carboxylic acids is 1. The van der Waals surface area contributed by atoms with Gasteiger partial charge in [0.05, 0.1) is 29.9 Å². The Morgan fingerprint density at radius 2 is 1.95 bits per heavy atom.